The molecule has 0 aliphatic carbocycles. The molecule has 0 aliphatic rings. The zero-order chi connectivity index (χ0) is 11.1. The highest BCUT2D eigenvalue weighted by Gasteiger charge is 2.08. The summed E-state index contributed by atoms with van der Waals surface area (Å²) in [6, 6.07) is 0. The molecule has 80 valence electrons. The summed E-state index contributed by atoms with van der Waals surface area (Å²) in [5.74, 6) is 1.67. The third kappa shape index (κ3) is 3.14. The molecule has 0 amide bonds. The lowest BCUT2D eigenvalue weighted by molar-refractivity contribution is 0.391. The molecule has 0 spiro atoms. The molecule has 0 fully saturated rings. The minimum atomic E-state index is 0.384. The fourth-order valence-corrected chi connectivity index (χ4v) is 1.33. The molecule has 0 atom stereocenters. The van der Waals surface area contributed by atoms with Crippen LogP contribution in [0.3, 0.4) is 0 Å². The van der Waals surface area contributed by atoms with Gasteiger partial charge in [0.1, 0.15) is 5.82 Å². The summed E-state index contributed by atoms with van der Waals surface area (Å²) in [6.45, 7) is 7.72. The van der Waals surface area contributed by atoms with Crippen molar-refractivity contribution in [1.29, 1.82) is 0 Å². The van der Waals surface area contributed by atoms with Gasteiger partial charge in [0.15, 0.2) is 0 Å². The molecule has 0 unspecified atom stereocenters. The van der Waals surface area contributed by atoms with Crippen LogP contribution in [-0.4, -0.2) is 17.1 Å². The molecule has 0 radical (unpaired) electrons. The van der Waals surface area contributed by atoms with Gasteiger partial charge >= 0.3 is 0 Å². The van der Waals surface area contributed by atoms with E-state index >= 15 is 0 Å². The SMILES string of the molecule is CC.COc1nc(C)nc(C)c1CCl. The number of nitrogens with zero attached hydrogens (tertiary/aromatic N) is 2. The first-order valence-corrected chi connectivity index (χ1v) is 5.16. The normalized spacial score (nSPS) is 9.00. The fourth-order valence-electron chi connectivity index (χ4n) is 1.03. The van der Waals surface area contributed by atoms with Gasteiger partial charge in [-0.15, -0.1) is 11.6 Å². The number of hydrogen-bond acceptors (Lipinski definition) is 3. The standard InChI is InChI=1S/C8H11ClN2O.C2H6/c1-5-7(4-9)8(12-3)11-6(2)10-5;1-2/h4H2,1-3H3;1-2H3. The largest absolute Gasteiger partial charge is 0.481 e. The van der Waals surface area contributed by atoms with Crippen LogP contribution >= 0.6 is 11.6 Å². The maximum atomic E-state index is 5.71. The van der Waals surface area contributed by atoms with E-state index in [9.17, 15) is 0 Å². The molecule has 1 rings (SSSR count). The average Bonchev–Trinajstić information content (AvgIpc) is 2.19. The lowest BCUT2D eigenvalue weighted by Gasteiger charge is -2.07. The Bertz CT molecular complexity index is 290. The van der Waals surface area contributed by atoms with Gasteiger partial charge < -0.3 is 4.74 Å². The van der Waals surface area contributed by atoms with Crippen molar-refractivity contribution in [1.82, 2.24) is 9.97 Å². The van der Waals surface area contributed by atoms with Crippen molar-refractivity contribution in [3.05, 3.63) is 17.1 Å². The second-order valence-corrected chi connectivity index (χ2v) is 2.74. The van der Waals surface area contributed by atoms with Crippen LogP contribution in [0.25, 0.3) is 0 Å². The van der Waals surface area contributed by atoms with Gasteiger partial charge in [0.25, 0.3) is 0 Å². The van der Waals surface area contributed by atoms with Crippen LogP contribution in [0.5, 0.6) is 5.88 Å². The third-order valence-electron chi connectivity index (χ3n) is 1.61. The van der Waals surface area contributed by atoms with E-state index in [1.165, 1.54) is 0 Å². The van der Waals surface area contributed by atoms with Crippen molar-refractivity contribution in [2.75, 3.05) is 7.11 Å². The second kappa shape index (κ2) is 6.60. The summed E-state index contributed by atoms with van der Waals surface area (Å²) < 4.78 is 5.06. The van der Waals surface area contributed by atoms with Crippen molar-refractivity contribution in [2.24, 2.45) is 0 Å². The molecular formula is C10H17ClN2O. The maximum absolute atomic E-state index is 5.71. The van der Waals surface area contributed by atoms with Crippen LogP contribution in [0.2, 0.25) is 0 Å². The fraction of sp³-hybridized carbons (Fsp3) is 0.600. The molecule has 1 aromatic heterocycles. The lowest BCUT2D eigenvalue weighted by Crippen LogP contribution is -2.01. The number of aryl methyl sites for hydroxylation is 2. The van der Waals surface area contributed by atoms with Gasteiger partial charge in [-0.3, -0.25) is 0 Å². The molecule has 1 heterocycles. The average molecular weight is 217 g/mol. The number of methoxy groups -OCH3 is 1. The number of hydrogen-bond donors (Lipinski definition) is 0. The smallest absolute Gasteiger partial charge is 0.221 e. The van der Waals surface area contributed by atoms with E-state index in [4.69, 9.17) is 16.3 Å². The van der Waals surface area contributed by atoms with Crippen LogP contribution < -0.4 is 4.74 Å². The lowest BCUT2D eigenvalue weighted by atomic mass is 10.2. The van der Waals surface area contributed by atoms with Crippen molar-refractivity contribution in [3.8, 4) is 5.88 Å². The summed E-state index contributed by atoms with van der Waals surface area (Å²) in [5, 5.41) is 0. The Morgan fingerprint density at radius 3 is 2.21 bits per heavy atom. The molecule has 1 aromatic rings. The molecule has 4 heteroatoms. The van der Waals surface area contributed by atoms with E-state index < -0.39 is 0 Å². The van der Waals surface area contributed by atoms with E-state index in [-0.39, 0.29) is 0 Å². The van der Waals surface area contributed by atoms with Crippen molar-refractivity contribution in [3.63, 3.8) is 0 Å². The van der Waals surface area contributed by atoms with Gasteiger partial charge in [0.2, 0.25) is 5.88 Å². The van der Waals surface area contributed by atoms with Gasteiger partial charge in [-0.05, 0) is 13.8 Å². The number of alkyl halides is 1. The topological polar surface area (TPSA) is 35.0 Å². The second-order valence-electron chi connectivity index (χ2n) is 2.48. The monoisotopic (exact) mass is 216 g/mol. The van der Waals surface area contributed by atoms with Crippen LogP contribution in [0, 0.1) is 13.8 Å². The van der Waals surface area contributed by atoms with Crippen molar-refractivity contribution < 1.29 is 4.74 Å². The molecule has 0 aliphatic heterocycles. The first-order chi connectivity index (χ1) is 6.69. The van der Waals surface area contributed by atoms with Gasteiger partial charge in [0.05, 0.1) is 18.6 Å². The maximum Gasteiger partial charge on any atom is 0.221 e. The van der Waals surface area contributed by atoms with Crippen molar-refractivity contribution >= 4 is 11.6 Å². The quantitative estimate of drug-likeness (QED) is 0.714. The Balaban J connectivity index is 0.000000791. The predicted octanol–water partition coefficient (Wildman–Crippen LogP) is 2.87. The Morgan fingerprint density at radius 1 is 1.21 bits per heavy atom. The Kier molecular flexibility index (Phi) is 6.21. The molecule has 14 heavy (non-hydrogen) atoms. The van der Waals surface area contributed by atoms with Crippen LogP contribution in [0.15, 0.2) is 0 Å². The van der Waals surface area contributed by atoms with E-state index in [1.807, 2.05) is 27.7 Å². The number of rotatable bonds is 2. The summed E-state index contributed by atoms with van der Waals surface area (Å²) in [4.78, 5) is 8.28. The summed E-state index contributed by atoms with van der Waals surface area (Å²) in [7, 11) is 1.58. The third-order valence-corrected chi connectivity index (χ3v) is 1.88. The van der Waals surface area contributed by atoms with Crippen LogP contribution in [0.1, 0.15) is 30.9 Å². The highest BCUT2D eigenvalue weighted by Crippen LogP contribution is 2.19. The van der Waals surface area contributed by atoms with Gasteiger partial charge in [-0.2, -0.15) is 4.98 Å². The van der Waals surface area contributed by atoms with E-state index in [0.717, 1.165) is 11.3 Å². The number of ether oxygens (including phenoxy) is 1. The van der Waals surface area contributed by atoms with Crippen LogP contribution in [-0.2, 0) is 5.88 Å². The van der Waals surface area contributed by atoms with Gasteiger partial charge in [0, 0.05) is 5.69 Å². The highest BCUT2D eigenvalue weighted by molar-refractivity contribution is 6.17. The molecule has 3 nitrogen and oxygen atoms in total. The van der Waals surface area contributed by atoms with Crippen LogP contribution in [0.4, 0.5) is 0 Å². The first-order valence-electron chi connectivity index (χ1n) is 4.63. The molecule has 0 saturated heterocycles. The number of halogens is 1. The minimum absolute atomic E-state index is 0.384. The van der Waals surface area contributed by atoms with Crippen molar-refractivity contribution in [2.45, 2.75) is 33.6 Å². The zero-order valence-corrected chi connectivity index (χ0v) is 10.1. The minimum Gasteiger partial charge on any atom is -0.481 e. The highest BCUT2D eigenvalue weighted by atomic mass is 35.5. The summed E-state index contributed by atoms with van der Waals surface area (Å²) in [6.07, 6.45) is 0. The Hall–Kier alpha value is -0.830. The molecule has 0 aromatic carbocycles. The summed E-state index contributed by atoms with van der Waals surface area (Å²) >= 11 is 5.71. The van der Waals surface area contributed by atoms with E-state index in [2.05, 4.69) is 9.97 Å². The van der Waals surface area contributed by atoms with Gasteiger partial charge in [-0.1, -0.05) is 13.8 Å². The van der Waals surface area contributed by atoms with Gasteiger partial charge in [-0.25, -0.2) is 4.98 Å². The first kappa shape index (κ1) is 13.2. The molecular weight excluding hydrogens is 200 g/mol. The molecule has 0 saturated carbocycles. The molecule has 0 bridgehead atoms. The summed E-state index contributed by atoms with van der Waals surface area (Å²) in [5.41, 5.74) is 1.75. The Morgan fingerprint density at radius 2 is 1.79 bits per heavy atom. The van der Waals surface area contributed by atoms with E-state index in [0.29, 0.717) is 17.6 Å². The number of aromatic nitrogens is 2. The predicted molar refractivity (Wildman–Crippen MR) is 59.0 cm³/mol. The zero-order valence-electron chi connectivity index (χ0n) is 9.39. The molecule has 0 N–H and O–H groups in total. The van der Waals surface area contributed by atoms with E-state index in [1.54, 1.807) is 7.11 Å². The Labute approximate surface area is 90.5 Å².